The summed E-state index contributed by atoms with van der Waals surface area (Å²) in [5.41, 5.74) is 7.48. The molecule has 0 aromatic heterocycles. The molecule has 1 aromatic carbocycles. The first-order valence-electron chi connectivity index (χ1n) is 4.96. The lowest BCUT2D eigenvalue weighted by Crippen LogP contribution is -2.11. The molecule has 0 aliphatic heterocycles. The van der Waals surface area contributed by atoms with Crippen molar-refractivity contribution in [3.05, 3.63) is 28.2 Å². The molecule has 2 N–H and O–H groups in total. The molecule has 2 unspecified atom stereocenters. The average Bonchev–Trinajstić information content (AvgIpc) is 2.23. The van der Waals surface area contributed by atoms with Crippen LogP contribution in [0.25, 0.3) is 0 Å². The van der Waals surface area contributed by atoms with Gasteiger partial charge in [0, 0.05) is 32.0 Å². The largest absolute Gasteiger partial charge is 0.398 e. The van der Waals surface area contributed by atoms with E-state index in [2.05, 4.69) is 22.9 Å². The number of hydrogen-bond acceptors (Lipinski definition) is 2. The first kappa shape index (κ1) is 12.7. The Kier molecular flexibility index (Phi) is 4.80. The van der Waals surface area contributed by atoms with Crippen molar-refractivity contribution in [1.82, 2.24) is 0 Å². The van der Waals surface area contributed by atoms with E-state index in [1.54, 1.807) is 0 Å². The molecule has 0 amide bonds. The van der Waals surface area contributed by atoms with E-state index >= 15 is 0 Å². The Balaban J connectivity index is 2.81. The number of hydrogen-bond donors (Lipinski definition) is 1. The molecule has 1 aromatic rings. The van der Waals surface area contributed by atoms with Crippen LogP contribution in [0.15, 0.2) is 22.7 Å². The summed E-state index contributed by atoms with van der Waals surface area (Å²) in [7, 11) is -0.820. The Hall–Kier alpha value is -0.350. The zero-order chi connectivity index (χ0) is 11.4. The van der Waals surface area contributed by atoms with Gasteiger partial charge >= 0.3 is 0 Å². The maximum atomic E-state index is 11.9. The minimum atomic E-state index is -0.820. The number of halogens is 1. The molecule has 0 aliphatic carbocycles. The summed E-state index contributed by atoms with van der Waals surface area (Å²) in [5.74, 6) is 0.570. The number of anilines is 1. The van der Waals surface area contributed by atoms with E-state index in [0.717, 1.165) is 16.5 Å². The highest BCUT2D eigenvalue weighted by molar-refractivity contribution is 9.10. The Morgan fingerprint density at radius 1 is 1.53 bits per heavy atom. The Labute approximate surface area is 102 Å². The van der Waals surface area contributed by atoms with Gasteiger partial charge in [-0.25, -0.2) is 0 Å². The topological polar surface area (TPSA) is 43.1 Å². The van der Waals surface area contributed by atoms with Crippen molar-refractivity contribution >= 4 is 32.4 Å². The van der Waals surface area contributed by atoms with Crippen molar-refractivity contribution in [2.24, 2.45) is 0 Å². The molecule has 2 nitrogen and oxygen atoms in total. The predicted octanol–water partition coefficient (Wildman–Crippen LogP) is 3.08. The monoisotopic (exact) mass is 289 g/mol. The summed E-state index contributed by atoms with van der Waals surface area (Å²) in [5, 5.41) is 0.235. The van der Waals surface area contributed by atoms with E-state index in [1.165, 1.54) is 0 Å². The predicted molar refractivity (Wildman–Crippen MR) is 70.2 cm³/mol. The van der Waals surface area contributed by atoms with Gasteiger partial charge in [0.1, 0.15) is 0 Å². The van der Waals surface area contributed by atoms with Crippen LogP contribution in [0.1, 0.15) is 25.8 Å². The highest BCUT2D eigenvalue weighted by Crippen LogP contribution is 2.25. The van der Waals surface area contributed by atoms with Crippen LogP contribution in [0.4, 0.5) is 5.69 Å². The quantitative estimate of drug-likeness (QED) is 0.866. The van der Waals surface area contributed by atoms with Gasteiger partial charge in [-0.05, 0) is 34.0 Å². The van der Waals surface area contributed by atoms with Gasteiger partial charge in [-0.1, -0.05) is 26.0 Å². The maximum absolute atomic E-state index is 11.9. The van der Waals surface area contributed by atoms with Crippen molar-refractivity contribution in [1.29, 1.82) is 0 Å². The molecule has 0 heterocycles. The van der Waals surface area contributed by atoms with Crippen molar-refractivity contribution in [3.63, 3.8) is 0 Å². The van der Waals surface area contributed by atoms with E-state index in [0.29, 0.717) is 11.4 Å². The number of benzene rings is 1. The van der Waals surface area contributed by atoms with Crippen molar-refractivity contribution in [2.75, 3.05) is 5.73 Å². The lowest BCUT2D eigenvalue weighted by atomic mass is 10.2. The zero-order valence-corrected chi connectivity index (χ0v) is 11.4. The van der Waals surface area contributed by atoms with Gasteiger partial charge < -0.3 is 5.73 Å². The van der Waals surface area contributed by atoms with Crippen molar-refractivity contribution in [2.45, 2.75) is 31.3 Å². The molecule has 2 atom stereocenters. The second kappa shape index (κ2) is 5.66. The molecular formula is C11H16BrNOS. The Bertz CT molecular complexity index is 368. The Morgan fingerprint density at radius 2 is 2.20 bits per heavy atom. The fourth-order valence-corrected chi connectivity index (χ4v) is 2.99. The number of rotatable bonds is 4. The van der Waals surface area contributed by atoms with Gasteiger partial charge in [0.25, 0.3) is 0 Å². The van der Waals surface area contributed by atoms with E-state index in [9.17, 15) is 4.21 Å². The van der Waals surface area contributed by atoms with Crippen LogP contribution in [0.3, 0.4) is 0 Å². The Morgan fingerprint density at radius 3 is 2.80 bits per heavy atom. The van der Waals surface area contributed by atoms with E-state index in [4.69, 9.17) is 5.73 Å². The van der Waals surface area contributed by atoms with Gasteiger partial charge in [0.15, 0.2) is 0 Å². The average molecular weight is 290 g/mol. The highest BCUT2D eigenvalue weighted by atomic mass is 79.9. The van der Waals surface area contributed by atoms with Crippen molar-refractivity contribution in [3.8, 4) is 0 Å². The molecule has 0 radical (unpaired) electrons. The van der Waals surface area contributed by atoms with E-state index in [1.807, 2.05) is 25.1 Å². The van der Waals surface area contributed by atoms with E-state index < -0.39 is 10.8 Å². The minimum Gasteiger partial charge on any atom is -0.398 e. The molecule has 84 valence electrons. The molecule has 0 spiro atoms. The zero-order valence-electron chi connectivity index (χ0n) is 9.00. The van der Waals surface area contributed by atoms with Crippen LogP contribution in [0.5, 0.6) is 0 Å². The number of nitrogen functional groups attached to an aromatic ring is 1. The fraction of sp³-hybridized carbons (Fsp3) is 0.455. The third kappa shape index (κ3) is 3.31. The second-order valence-corrected chi connectivity index (χ2v) is 6.21. The summed E-state index contributed by atoms with van der Waals surface area (Å²) < 4.78 is 12.7. The molecule has 0 fully saturated rings. The smallest absolute Gasteiger partial charge is 0.0500 e. The molecule has 0 saturated heterocycles. The second-order valence-electron chi connectivity index (χ2n) is 3.56. The first-order valence-corrected chi connectivity index (χ1v) is 7.13. The molecule has 0 saturated carbocycles. The third-order valence-electron chi connectivity index (χ3n) is 2.43. The summed E-state index contributed by atoms with van der Waals surface area (Å²) in [4.78, 5) is 0. The first-order chi connectivity index (χ1) is 7.06. The van der Waals surface area contributed by atoms with Gasteiger partial charge in [-0.2, -0.15) is 0 Å². The SMILES string of the molecule is CCC(C)S(=O)Cc1cccc(N)c1Br. The molecule has 15 heavy (non-hydrogen) atoms. The molecule has 4 heteroatoms. The third-order valence-corrected chi connectivity index (χ3v) is 5.22. The van der Waals surface area contributed by atoms with Crippen molar-refractivity contribution < 1.29 is 4.21 Å². The highest BCUT2D eigenvalue weighted by Gasteiger charge is 2.12. The molecular weight excluding hydrogens is 274 g/mol. The van der Waals surface area contributed by atoms with E-state index in [-0.39, 0.29) is 5.25 Å². The van der Waals surface area contributed by atoms with Gasteiger partial charge in [-0.3, -0.25) is 4.21 Å². The van der Waals surface area contributed by atoms with Crippen LogP contribution >= 0.6 is 15.9 Å². The molecule has 0 bridgehead atoms. The normalized spacial score (nSPS) is 14.9. The lowest BCUT2D eigenvalue weighted by Gasteiger charge is -2.10. The molecule has 0 aliphatic rings. The van der Waals surface area contributed by atoms with Gasteiger partial charge in [0.05, 0.1) is 0 Å². The summed E-state index contributed by atoms with van der Waals surface area (Å²) in [6, 6.07) is 5.68. The van der Waals surface area contributed by atoms with Crippen LogP contribution in [0.2, 0.25) is 0 Å². The molecule has 1 rings (SSSR count). The summed E-state index contributed by atoms with van der Waals surface area (Å²) in [6.45, 7) is 4.06. The van der Waals surface area contributed by atoms with Crippen LogP contribution in [0, 0.1) is 0 Å². The van der Waals surface area contributed by atoms with Gasteiger partial charge in [-0.15, -0.1) is 0 Å². The number of nitrogens with two attached hydrogens (primary N) is 1. The minimum absolute atomic E-state index is 0.235. The standard InChI is InChI=1S/C11H16BrNOS/c1-3-8(2)15(14)7-9-5-4-6-10(13)11(9)12/h4-6,8H,3,7,13H2,1-2H3. The van der Waals surface area contributed by atoms with Crippen LogP contribution < -0.4 is 5.73 Å². The summed E-state index contributed by atoms with van der Waals surface area (Å²) in [6.07, 6.45) is 0.937. The fourth-order valence-electron chi connectivity index (χ4n) is 1.19. The van der Waals surface area contributed by atoms with Crippen LogP contribution in [-0.4, -0.2) is 9.46 Å². The maximum Gasteiger partial charge on any atom is 0.0500 e. The summed E-state index contributed by atoms with van der Waals surface area (Å²) >= 11 is 3.42. The van der Waals surface area contributed by atoms with Gasteiger partial charge in [0.2, 0.25) is 0 Å². The van der Waals surface area contributed by atoms with Crippen LogP contribution in [-0.2, 0) is 16.6 Å². The lowest BCUT2D eigenvalue weighted by molar-refractivity contribution is 0.669.